The number of carbonyl (C=O) groups is 2. The second kappa shape index (κ2) is 8.85. The second-order valence-corrected chi connectivity index (χ2v) is 7.71. The number of nitrogens with one attached hydrogen (secondary N) is 1. The molecule has 0 radical (unpaired) electrons. The topological polar surface area (TPSA) is 72.8 Å². The van der Waals surface area contributed by atoms with Gasteiger partial charge in [-0.2, -0.15) is 0 Å². The van der Waals surface area contributed by atoms with Gasteiger partial charge < -0.3 is 24.0 Å². The van der Waals surface area contributed by atoms with Crippen molar-refractivity contribution in [3.63, 3.8) is 0 Å². The van der Waals surface area contributed by atoms with Crippen molar-refractivity contribution in [2.24, 2.45) is 0 Å². The molecule has 0 aromatic heterocycles. The van der Waals surface area contributed by atoms with E-state index < -0.39 is 0 Å². The Morgan fingerprint density at radius 1 is 0.839 bits per heavy atom. The van der Waals surface area contributed by atoms with Gasteiger partial charge in [-0.25, -0.2) is 4.90 Å². The number of nitrogens with zero attached hydrogens (tertiary/aromatic N) is 2. The predicted octanol–water partition coefficient (Wildman–Crippen LogP) is 0.749. The van der Waals surface area contributed by atoms with E-state index in [1.54, 1.807) is 32.4 Å². The maximum atomic E-state index is 13.2. The van der Waals surface area contributed by atoms with Gasteiger partial charge in [0.2, 0.25) is 5.91 Å². The van der Waals surface area contributed by atoms with Crippen LogP contribution in [0.5, 0.6) is 17.2 Å². The van der Waals surface area contributed by atoms with Gasteiger partial charge in [0.15, 0.2) is 17.5 Å². The minimum absolute atomic E-state index is 0.148. The molecule has 4 rings (SSSR count). The first-order valence-electron chi connectivity index (χ1n) is 10.4. The van der Waals surface area contributed by atoms with Gasteiger partial charge in [-0.15, -0.1) is 0 Å². The van der Waals surface area contributed by atoms with Crippen LogP contribution in [0.4, 0.5) is 11.4 Å². The third-order valence-electron chi connectivity index (χ3n) is 6.11. The van der Waals surface area contributed by atoms with E-state index in [0.29, 0.717) is 17.2 Å². The van der Waals surface area contributed by atoms with E-state index >= 15 is 0 Å². The molecule has 8 nitrogen and oxygen atoms in total. The van der Waals surface area contributed by atoms with E-state index in [1.165, 1.54) is 12.0 Å². The fourth-order valence-corrected chi connectivity index (χ4v) is 4.38. The zero-order valence-electron chi connectivity index (χ0n) is 18.1. The summed E-state index contributed by atoms with van der Waals surface area (Å²) in [5.74, 6) is 1.56. The lowest BCUT2D eigenvalue weighted by Gasteiger charge is -2.35. The van der Waals surface area contributed by atoms with Gasteiger partial charge in [0.1, 0.15) is 5.75 Å². The number of rotatable bonds is 6. The molecule has 0 spiro atoms. The first-order chi connectivity index (χ1) is 15.0. The molecule has 2 amide bonds. The SMILES string of the molecule is COc1ccc(N2CC[NH+]([C@@H]3CC(=O)N(c4ccc(OC)c(OC)c4)C3=O)CC2)cc1. The third kappa shape index (κ3) is 4.03. The molecule has 2 fully saturated rings. The molecule has 2 heterocycles. The summed E-state index contributed by atoms with van der Waals surface area (Å²) >= 11 is 0. The Kier molecular flexibility index (Phi) is 5.99. The highest BCUT2D eigenvalue weighted by molar-refractivity contribution is 6.22. The molecule has 164 valence electrons. The van der Waals surface area contributed by atoms with E-state index in [0.717, 1.165) is 42.5 Å². The number of amides is 2. The molecular formula is C23H28N3O5+. The van der Waals surface area contributed by atoms with Crippen LogP contribution in [-0.4, -0.2) is 65.4 Å². The lowest BCUT2D eigenvalue weighted by atomic mass is 10.1. The number of hydrogen-bond acceptors (Lipinski definition) is 6. The second-order valence-electron chi connectivity index (χ2n) is 7.71. The first kappa shape index (κ1) is 21.0. The molecule has 0 saturated carbocycles. The molecule has 2 aromatic rings. The van der Waals surface area contributed by atoms with Gasteiger partial charge in [0.05, 0.1) is 59.6 Å². The van der Waals surface area contributed by atoms with Crippen LogP contribution in [0.2, 0.25) is 0 Å². The highest BCUT2D eigenvalue weighted by atomic mass is 16.5. The number of benzene rings is 2. The van der Waals surface area contributed by atoms with Gasteiger partial charge in [-0.3, -0.25) is 9.59 Å². The molecule has 2 aromatic carbocycles. The van der Waals surface area contributed by atoms with Crippen molar-refractivity contribution < 1.29 is 28.7 Å². The van der Waals surface area contributed by atoms with E-state index in [1.807, 2.05) is 24.3 Å². The molecule has 2 aliphatic heterocycles. The zero-order chi connectivity index (χ0) is 22.0. The number of hydrogen-bond donors (Lipinski definition) is 1. The number of methoxy groups -OCH3 is 3. The van der Waals surface area contributed by atoms with Crippen molar-refractivity contribution in [3.8, 4) is 17.2 Å². The number of piperazine rings is 1. The molecule has 0 unspecified atom stereocenters. The van der Waals surface area contributed by atoms with Crippen molar-refractivity contribution in [2.75, 3.05) is 57.3 Å². The molecule has 1 N–H and O–H groups in total. The summed E-state index contributed by atoms with van der Waals surface area (Å²) in [6.45, 7) is 3.26. The Labute approximate surface area is 181 Å². The fraction of sp³-hybridized carbons (Fsp3) is 0.391. The average Bonchev–Trinajstić information content (AvgIpc) is 3.12. The molecule has 2 aliphatic rings. The Balaban J connectivity index is 1.43. The Bertz CT molecular complexity index is 954. The third-order valence-corrected chi connectivity index (χ3v) is 6.11. The van der Waals surface area contributed by atoms with Crippen LogP contribution in [0, 0.1) is 0 Å². The minimum Gasteiger partial charge on any atom is -0.497 e. The number of imide groups is 1. The molecule has 31 heavy (non-hydrogen) atoms. The summed E-state index contributed by atoms with van der Waals surface area (Å²) in [6.07, 6.45) is 0.227. The van der Waals surface area contributed by atoms with Gasteiger partial charge >= 0.3 is 0 Å². The average molecular weight is 426 g/mol. The van der Waals surface area contributed by atoms with Crippen molar-refractivity contribution in [1.29, 1.82) is 0 Å². The summed E-state index contributed by atoms with van der Waals surface area (Å²) in [6, 6.07) is 12.8. The molecule has 1 atom stereocenters. The Hall–Kier alpha value is -3.26. The summed E-state index contributed by atoms with van der Waals surface area (Å²) in [4.78, 5) is 30.7. The van der Waals surface area contributed by atoms with Crippen molar-refractivity contribution in [2.45, 2.75) is 12.5 Å². The summed E-state index contributed by atoms with van der Waals surface area (Å²) in [5, 5.41) is 0. The normalized spacial score (nSPS) is 19.6. The first-order valence-corrected chi connectivity index (χ1v) is 10.4. The zero-order valence-corrected chi connectivity index (χ0v) is 18.1. The summed E-state index contributed by atoms with van der Waals surface area (Å²) < 4.78 is 15.8. The standard InChI is InChI=1S/C23H27N3O5/c1-29-18-7-4-16(5-8-18)24-10-12-25(13-11-24)19-15-22(27)26(23(19)28)17-6-9-20(30-2)21(14-17)31-3/h4-9,14,19H,10-13,15H2,1-3H3/p+1/t19-/m1/s1. The highest BCUT2D eigenvalue weighted by Gasteiger charge is 2.46. The largest absolute Gasteiger partial charge is 0.497 e. The van der Waals surface area contributed by atoms with Gasteiger partial charge in [-0.05, 0) is 36.4 Å². The van der Waals surface area contributed by atoms with Crippen LogP contribution in [0.3, 0.4) is 0 Å². The molecular weight excluding hydrogens is 398 g/mol. The molecule has 8 heteroatoms. The van der Waals surface area contributed by atoms with Crippen molar-refractivity contribution >= 4 is 23.2 Å². The van der Waals surface area contributed by atoms with E-state index in [9.17, 15) is 9.59 Å². The van der Waals surface area contributed by atoms with Crippen LogP contribution < -0.4 is 28.9 Å². The molecule has 0 bridgehead atoms. The molecule has 2 saturated heterocycles. The van der Waals surface area contributed by atoms with E-state index in [2.05, 4.69) is 4.90 Å². The lowest BCUT2D eigenvalue weighted by Crippen LogP contribution is -3.19. The number of quaternary nitrogens is 1. The molecule has 0 aliphatic carbocycles. The fourth-order valence-electron chi connectivity index (χ4n) is 4.38. The summed E-state index contributed by atoms with van der Waals surface area (Å²) in [5.41, 5.74) is 1.66. The summed E-state index contributed by atoms with van der Waals surface area (Å²) in [7, 11) is 4.74. The van der Waals surface area contributed by atoms with Crippen LogP contribution in [-0.2, 0) is 9.59 Å². The van der Waals surface area contributed by atoms with E-state index in [-0.39, 0.29) is 24.3 Å². The van der Waals surface area contributed by atoms with Crippen molar-refractivity contribution in [1.82, 2.24) is 0 Å². The highest BCUT2D eigenvalue weighted by Crippen LogP contribution is 2.33. The number of ether oxygens (including phenoxy) is 3. The van der Waals surface area contributed by atoms with Gasteiger partial charge in [0.25, 0.3) is 5.91 Å². The number of anilines is 2. The van der Waals surface area contributed by atoms with Gasteiger partial charge in [-0.1, -0.05) is 0 Å². The van der Waals surface area contributed by atoms with Crippen LogP contribution >= 0.6 is 0 Å². The maximum Gasteiger partial charge on any atom is 0.292 e. The van der Waals surface area contributed by atoms with Crippen molar-refractivity contribution in [3.05, 3.63) is 42.5 Å². The van der Waals surface area contributed by atoms with E-state index in [4.69, 9.17) is 14.2 Å². The quantitative estimate of drug-likeness (QED) is 0.688. The Morgan fingerprint density at radius 2 is 1.48 bits per heavy atom. The lowest BCUT2D eigenvalue weighted by molar-refractivity contribution is -0.915. The minimum atomic E-state index is -0.349. The van der Waals surface area contributed by atoms with Crippen LogP contribution in [0.15, 0.2) is 42.5 Å². The maximum absolute atomic E-state index is 13.2. The number of carbonyl (C=O) groups excluding carboxylic acids is 2. The predicted molar refractivity (Wildman–Crippen MR) is 116 cm³/mol. The van der Waals surface area contributed by atoms with Crippen LogP contribution in [0.25, 0.3) is 0 Å². The smallest absolute Gasteiger partial charge is 0.292 e. The van der Waals surface area contributed by atoms with Crippen LogP contribution in [0.1, 0.15) is 6.42 Å². The monoisotopic (exact) mass is 426 g/mol. The van der Waals surface area contributed by atoms with Gasteiger partial charge in [0, 0.05) is 11.8 Å². The Morgan fingerprint density at radius 3 is 2.10 bits per heavy atom.